The van der Waals surface area contributed by atoms with Gasteiger partial charge >= 0.3 is 0 Å². The topological polar surface area (TPSA) is 43.5 Å². The molecule has 0 spiro atoms. The summed E-state index contributed by atoms with van der Waals surface area (Å²) in [5.41, 5.74) is 7.80. The van der Waals surface area contributed by atoms with Crippen molar-refractivity contribution in [3.8, 4) is 11.5 Å². The molecule has 0 aliphatic carbocycles. The Morgan fingerprint density at radius 2 is 0.971 bits per heavy atom. The van der Waals surface area contributed by atoms with Crippen LogP contribution in [0, 0.1) is 0 Å². The van der Waals surface area contributed by atoms with Crippen LogP contribution in [0.5, 0.6) is 11.5 Å². The summed E-state index contributed by atoms with van der Waals surface area (Å²) in [6, 6.07) is 9.50. The van der Waals surface area contributed by atoms with Gasteiger partial charge in [0.05, 0.1) is 38.6 Å². The van der Waals surface area contributed by atoms with Crippen molar-refractivity contribution in [1.82, 2.24) is 0 Å². The summed E-state index contributed by atoms with van der Waals surface area (Å²) >= 11 is 0. The van der Waals surface area contributed by atoms with E-state index in [2.05, 4.69) is 65.8 Å². The predicted octanol–water partition coefficient (Wildman–Crippen LogP) is 6.60. The third-order valence-corrected chi connectivity index (χ3v) is 7.63. The second kappa shape index (κ2) is 11.3. The Balaban J connectivity index is 1.63. The molecule has 2 atom stereocenters. The molecule has 0 saturated carbocycles. The number of ether oxygens (including phenoxy) is 4. The highest BCUT2D eigenvalue weighted by Crippen LogP contribution is 2.40. The molecule has 192 valence electrons. The maximum atomic E-state index is 6.32. The number of rotatable bonds is 14. The first-order valence-electron chi connectivity index (χ1n) is 13.7. The molecule has 2 aromatic rings. The molecule has 35 heavy (non-hydrogen) atoms. The standard InChI is InChI=1S/C31H44O4/c1-7-21-15-25(16-22(8-2)29(21)32-13-11-27-19-34-27)31(5,6)26-17-23(9-3)30(24(10-4)18-26)33-14-12-28-20-35-28/h15-18,27-28H,7-14,19-20H2,1-6H3. The molecule has 2 unspecified atom stereocenters. The summed E-state index contributed by atoms with van der Waals surface area (Å²) < 4.78 is 23.4. The second-order valence-electron chi connectivity index (χ2n) is 10.5. The van der Waals surface area contributed by atoms with Crippen LogP contribution < -0.4 is 9.47 Å². The van der Waals surface area contributed by atoms with E-state index in [0.717, 1.165) is 76.5 Å². The van der Waals surface area contributed by atoms with Gasteiger partial charge in [-0.1, -0.05) is 65.8 Å². The second-order valence-corrected chi connectivity index (χ2v) is 10.5. The van der Waals surface area contributed by atoms with Crippen LogP contribution in [0.1, 0.15) is 87.8 Å². The molecule has 2 aliphatic rings. The maximum Gasteiger partial charge on any atom is 0.125 e. The van der Waals surface area contributed by atoms with E-state index < -0.39 is 0 Å². The summed E-state index contributed by atoms with van der Waals surface area (Å²) in [5, 5.41) is 0. The van der Waals surface area contributed by atoms with E-state index in [0.29, 0.717) is 12.2 Å². The first kappa shape index (κ1) is 26.0. The lowest BCUT2D eigenvalue weighted by Crippen LogP contribution is -2.21. The van der Waals surface area contributed by atoms with Gasteiger partial charge in [0.15, 0.2) is 0 Å². The number of hydrogen-bond acceptors (Lipinski definition) is 4. The summed E-state index contributed by atoms with van der Waals surface area (Å²) in [6.07, 6.45) is 6.60. The van der Waals surface area contributed by atoms with Crippen molar-refractivity contribution in [3.05, 3.63) is 57.6 Å². The van der Waals surface area contributed by atoms with Crippen LogP contribution >= 0.6 is 0 Å². The van der Waals surface area contributed by atoms with Gasteiger partial charge in [-0.25, -0.2) is 0 Å². The Labute approximate surface area is 212 Å². The van der Waals surface area contributed by atoms with E-state index in [4.69, 9.17) is 18.9 Å². The number of aryl methyl sites for hydroxylation is 4. The average molecular weight is 481 g/mol. The SMILES string of the molecule is CCc1cc(C(C)(C)c2cc(CC)c(OCCC3CO3)c(CC)c2)cc(CC)c1OCCC1CO1. The summed E-state index contributed by atoms with van der Waals surface area (Å²) in [6.45, 7) is 16.8. The lowest BCUT2D eigenvalue weighted by Gasteiger charge is -2.30. The van der Waals surface area contributed by atoms with Crippen molar-refractivity contribution in [2.75, 3.05) is 26.4 Å². The van der Waals surface area contributed by atoms with Gasteiger partial charge in [-0.05, 0) is 59.1 Å². The van der Waals surface area contributed by atoms with E-state index in [1.807, 2.05) is 0 Å². The first-order valence-corrected chi connectivity index (χ1v) is 13.7. The van der Waals surface area contributed by atoms with Gasteiger partial charge in [0.1, 0.15) is 11.5 Å². The highest BCUT2D eigenvalue weighted by Gasteiger charge is 2.28. The van der Waals surface area contributed by atoms with Crippen molar-refractivity contribution >= 4 is 0 Å². The Bertz CT molecular complexity index is 872. The first-order chi connectivity index (χ1) is 16.9. The van der Waals surface area contributed by atoms with Crippen molar-refractivity contribution in [2.24, 2.45) is 0 Å². The molecular weight excluding hydrogens is 436 g/mol. The van der Waals surface area contributed by atoms with Gasteiger partial charge in [0, 0.05) is 18.3 Å². The van der Waals surface area contributed by atoms with Crippen molar-refractivity contribution in [2.45, 2.75) is 97.7 Å². The summed E-state index contributed by atoms with van der Waals surface area (Å²) in [5.74, 6) is 2.17. The third kappa shape index (κ3) is 6.21. The summed E-state index contributed by atoms with van der Waals surface area (Å²) in [7, 11) is 0. The molecule has 4 heteroatoms. The maximum absolute atomic E-state index is 6.32. The molecule has 0 aromatic heterocycles. The number of hydrogen-bond donors (Lipinski definition) is 0. The van der Waals surface area contributed by atoms with Crippen LogP contribution in [0.4, 0.5) is 0 Å². The monoisotopic (exact) mass is 480 g/mol. The number of epoxide rings is 2. The van der Waals surface area contributed by atoms with Gasteiger partial charge in [0.2, 0.25) is 0 Å². The Hall–Kier alpha value is -2.04. The molecular formula is C31H44O4. The van der Waals surface area contributed by atoms with Crippen LogP contribution in [-0.4, -0.2) is 38.6 Å². The zero-order valence-corrected chi connectivity index (χ0v) is 22.7. The van der Waals surface area contributed by atoms with E-state index in [1.165, 1.54) is 33.4 Å². The Morgan fingerprint density at radius 1 is 0.657 bits per heavy atom. The fourth-order valence-corrected chi connectivity index (χ4v) is 4.87. The van der Waals surface area contributed by atoms with Gasteiger partial charge in [0.25, 0.3) is 0 Å². The van der Waals surface area contributed by atoms with E-state index in [-0.39, 0.29) is 5.41 Å². The predicted molar refractivity (Wildman–Crippen MR) is 142 cm³/mol. The van der Waals surface area contributed by atoms with E-state index in [1.54, 1.807) is 0 Å². The Morgan fingerprint density at radius 3 is 1.23 bits per heavy atom. The lowest BCUT2D eigenvalue weighted by molar-refractivity contribution is 0.278. The molecule has 2 heterocycles. The molecule has 0 radical (unpaired) electrons. The fraction of sp³-hybridized carbons (Fsp3) is 0.613. The molecule has 4 nitrogen and oxygen atoms in total. The molecule has 0 N–H and O–H groups in total. The largest absolute Gasteiger partial charge is 0.493 e. The van der Waals surface area contributed by atoms with Gasteiger partial charge < -0.3 is 18.9 Å². The van der Waals surface area contributed by atoms with Crippen LogP contribution in [0.25, 0.3) is 0 Å². The summed E-state index contributed by atoms with van der Waals surface area (Å²) in [4.78, 5) is 0. The highest BCUT2D eigenvalue weighted by atomic mass is 16.6. The molecule has 0 bridgehead atoms. The zero-order chi connectivity index (χ0) is 25.0. The molecule has 2 saturated heterocycles. The average Bonchev–Trinajstić information content (AvgIpc) is 3.79. The van der Waals surface area contributed by atoms with Crippen molar-refractivity contribution < 1.29 is 18.9 Å². The van der Waals surface area contributed by atoms with Crippen molar-refractivity contribution in [3.63, 3.8) is 0 Å². The lowest BCUT2D eigenvalue weighted by atomic mass is 9.75. The normalized spacial score (nSPS) is 19.0. The molecule has 2 aromatic carbocycles. The molecule has 0 amide bonds. The minimum Gasteiger partial charge on any atom is -0.493 e. The fourth-order valence-electron chi connectivity index (χ4n) is 4.87. The quantitative estimate of drug-likeness (QED) is 0.286. The minimum atomic E-state index is -0.123. The van der Waals surface area contributed by atoms with Gasteiger partial charge in [-0.15, -0.1) is 0 Å². The molecule has 2 fully saturated rings. The van der Waals surface area contributed by atoms with E-state index >= 15 is 0 Å². The van der Waals surface area contributed by atoms with E-state index in [9.17, 15) is 0 Å². The molecule has 4 rings (SSSR count). The minimum absolute atomic E-state index is 0.123. The number of benzene rings is 2. The third-order valence-electron chi connectivity index (χ3n) is 7.63. The Kier molecular flexibility index (Phi) is 8.44. The van der Waals surface area contributed by atoms with Crippen LogP contribution in [0.3, 0.4) is 0 Å². The van der Waals surface area contributed by atoms with Crippen LogP contribution in [-0.2, 0) is 40.6 Å². The van der Waals surface area contributed by atoms with Crippen molar-refractivity contribution in [1.29, 1.82) is 0 Å². The highest BCUT2D eigenvalue weighted by molar-refractivity contribution is 5.53. The zero-order valence-electron chi connectivity index (χ0n) is 22.7. The van der Waals surface area contributed by atoms with Crippen LogP contribution in [0.2, 0.25) is 0 Å². The van der Waals surface area contributed by atoms with Gasteiger partial charge in [-0.3, -0.25) is 0 Å². The molecule has 2 aliphatic heterocycles. The smallest absolute Gasteiger partial charge is 0.125 e. The van der Waals surface area contributed by atoms with Crippen LogP contribution in [0.15, 0.2) is 24.3 Å². The van der Waals surface area contributed by atoms with Gasteiger partial charge in [-0.2, -0.15) is 0 Å².